The van der Waals surface area contributed by atoms with Gasteiger partial charge in [-0.15, -0.1) is 10.2 Å². The lowest BCUT2D eigenvalue weighted by Gasteiger charge is -2.09. The molecule has 25 heavy (non-hydrogen) atoms. The minimum absolute atomic E-state index is 0.0354. The molecule has 2 aromatic heterocycles. The van der Waals surface area contributed by atoms with Crippen LogP contribution in [0.1, 0.15) is 19.7 Å². The van der Waals surface area contributed by atoms with Crippen molar-refractivity contribution in [3.05, 3.63) is 35.8 Å². The number of nitrogens with zero attached hydrogens (tertiary/aromatic N) is 4. The highest BCUT2D eigenvalue weighted by Gasteiger charge is 2.20. The van der Waals surface area contributed by atoms with Crippen molar-refractivity contribution in [2.24, 2.45) is 0 Å². The number of nitrogens with one attached hydrogen (secondary N) is 2. The summed E-state index contributed by atoms with van der Waals surface area (Å²) < 4.78 is 0.719. The van der Waals surface area contributed by atoms with Gasteiger partial charge in [-0.05, 0) is 26.0 Å². The highest BCUT2D eigenvalue weighted by Crippen LogP contribution is 2.33. The minimum atomic E-state index is -0.356. The summed E-state index contributed by atoms with van der Waals surface area (Å²) in [5, 5.41) is 31.6. The van der Waals surface area contributed by atoms with E-state index >= 15 is 0 Å². The van der Waals surface area contributed by atoms with Crippen molar-refractivity contribution in [3.8, 4) is 6.07 Å². The number of para-hydroxylation sites is 2. The Morgan fingerprint density at radius 1 is 1.44 bits per heavy atom. The number of nitriles is 1. The van der Waals surface area contributed by atoms with E-state index in [1.165, 1.54) is 23.1 Å². The van der Waals surface area contributed by atoms with Crippen LogP contribution >= 0.6 is 23.1 Å². The minimum Gasteiger partial charge on any atom is -0.510 e. The Kier molecular flexibility index (Phi) is 5.21. The van der Waals surface area contributed by atoms with Crippen molar-refractivity contribution >= 4 is 44.8 Å². The van der Waals surface area contributed by atoms with Gasteiger partial charge in [-0.25, -0.2) is 4.98 Å². The number of allylic oxidation sites excluding steroid dienone is 1. The van der Waals surface area contributed by atoms with E-state index in [1.54, 1.807) is 0 Å². The first kappa shape index (κ1) is 17.3. The molecule has 0 spiro atoms. The second-order valence-corrected chi connectivity index (χ2v) is 7.70. The van der Waals surface area contributed by atoms with Crippen LogP contribution in [0.3, 0.4) is 0 Å². The van der Waals surface area contributed by atoms with Gasteiger partial charge in [0.2, 0.25) is 5.13 Å². The fraction of sp³-hybridized carbons (Fsp3) is 0.250. The molecule has 3 aromatic rings. The van der Waals surface area contributed by atoms with E-state index in [0.717, 1.165) is 27.0 Å². The SMILES string of the molecule is CCNc1nnc(S[C@@H](C)/C(O)=C(\C#N)c2nc3ccccc3[nH]2)s1. The number of H-pyrrole nitrogens is 1. The first-order valence-electron chi connectivity index (χ1n) is 7.64. The van der Waals surface area contributed by atoms with Crippen molar-refractivity contribution in [3.63, 3.8) is 0 Å². The van der Waals surface area contributed by atoms with Crippen LogP contribution < -0.4 is 5.32 Å². The number of hydrogen-bond acceptors (Lipinski definition) is 8. The zero-order valence-corrected chi connectivity index (χ0v) is 15.3. The van der Waals surface area contributed by atoms with Crippen LogP contribution in [0.15, 0.2) is 34.4 Å². The van der Waals surface area contributed by atoms with E-state index in [-0.39, 0.29) is 16.6 Å². The number of hydrogen-bond donors (Lipinski definition) is 3. The quantitative estimate of drug-likeness (QED) is 0.343. The topological polar surface area (TPSA) is 111 Å². The van der Waals surface area contributed by atoms with Gasteiger partial charge in [0.15, 0.2) is 10.2 Å². The summed E-state index contributed by atoms with van der Waals surface area (Å²) in [5.41, 5.74) is 1.70. The molecular weight excluding hydrogens is 356 g/mol. The van der Waals surface area contributed by atoms with Gasteiger partial charge in [0, 0.05) is 6.54 Å². The molecule has 2 heterocycles. The Morgan fingerprint density at radius 2 is 2.24 bits per heavy atom. The number of imidazole rings is 1. The van der Waals surface area contributed by atoms with Crippen molar-refractivity contribution in [2.45, 2.75) is 23.4 Å². The zero-order valence-electron chi connectivity index (χ0n) is 13.6. The molecule has 0 aliphatic carbocycles. The van der Waals surface area contributed by atoms with E-state index in [1.807, 2.05) is 44.2 Å². The highest BCUT2D eigenvalue weighted by atomic mass is 32.2. The van der Waals surface area contributed by atoms with Crippen LogP contribution in [0.25, 0.3) is 16.6 Å². The van der Waals surface area contributed by atoms with Gasteiger partial charge in [0.05, 0.1) is 16.3 Å². The number of anilines is 1. The largest absolute Gasteiger partial charge is 0.510 e. The molecule has 0 aliphatic heterocycles. The second kappa shape index (κ2) is 7.55. The number of fused-ring (bicyclic) bond motifs is 1. The van der Waals surface area contributed by atoms with E-state index in [2.05, 4.69) is 25.5 Å². The van der Waals surface area contributed by atoms with Gasteiger partial charge < -0.3 is 15.4 Å². The number of thioether (sulfide) groups is 1. The van der Waals surface area contributed by atoms with Gasteiger partial charge >= 0.3 is 0 Å². The third-order valence-corrected chi connectivity index (χ3v) is 5.47. The summed E-state index contributed by atoms with van der Waals surface area (Å²) in [4.78, 5) is 7.45. The highest BCUT2D eigenvalue weighted by molar-refractivity contribution is 8.01. The maximum atomic E-state index is 10.5. The van der Waals surface area contributed by atoms with Crippen LogP contribution in [0.5, 0.6) is 0 Å². The fourth-order valence-corrected chi connectivity index (χ4v) is 4.22. The molecule has 0 unspecified atom stereocenters. The number of aromatic nitrogens is 4. The number of aromatic amines is 1. The van der Waals surface area contributed by atoms with E-state index < -0.39 is 0 Å². The summed E-state index contributed by atoms with van der Waals surface area (Å²) in [7, 11) is 0. The molecule has 7 nitrogen and oxygen atoms in total. The zero-order chi connectivity index (χ0) is 17.8. The van der Waals surface area contributed by atoms with E-state index in [4.69, 9.17) is 0 Å². The first-order valence-corrected chi connectivity index (χ1v) is 9.34. The van der Waals surface area contributed by atoms with Gasteiger partial charge in [-0.1, -0.05) is 35.2 Å². The van der Waals surface area contributed by atoms with Gasteiger partial charge in [0.25, 0.3) is 0 Å². The maximum absolute atomic E-state index is 10.5. The number of rotatable bonds is 6. The molecule has 1 atom stereocenters. The molecule has 0 amide bonds. The fourth-order valence-electron chi connectivity index (χ4n) is 2.19. The third-order valence-electron chi connectivity index (χ3n) is 3.39. The molecule has 0 saturated heterocycles. The molecule has 3 N–H and O–H groups in total. The lowest BCUT2D eigenvalue weighted by atomic mass is 10.2. The van der Waals surface area contributed by atoms with Gasteiger partial charge in [0.1, 0.15) is 17.4 Å². The van der Waals surface area contributed by atoms with E-state index in [0.29, 0.717) is 5.82 Å². The van der Waals surface area contributed by atoms with Crippen LogP contribution in [0.2, 0.25) is 0 Å². The predicted octanol–water partition coefficient (Wildman–Crippen LogP) is 3.82. The first-order chi connectivity index (χ1) is 12.1. The van der Waals surface area contributed by atoms with Crippen molar-refractivity contribution < 1.29 is 5.11 Å². The average molecular weight is 372 g/mol. The monoisotopic (exact) mass is 372 g/mol. The summed E-state index contributed by atoms with van der Waals surface area (Å²) in [5.74, 6) is 0.325. The Balaban J connectivity index is 1.85. The molecule has 0 radical (unpaired) electrons. The molecule has 0 aliphatic rings. The van der Waals surface area contributed by atoms with Crippen LogP contribution in [-0.4, -0.2) is 37.1 Å². The molecule has 0 saturated carbocycles. The second-order valence-electron chi connectivity index (χ2n) is 5.14. The van der Waals surface area contributed by atoms with Crippen molar-refractivity contribution in [1.82, 2.24) is 20.2 Å². The van der Waals surface area contributed by atoms with E-state index in [9.17, 15) is 10.4 Å². The normalized spacial score (nSPS) is 13.3. The van der Waals surface area contributed by atoms with Crippen molar-refractivity contribution in [1.29, 1.82) is 5.26 Å². The van der Waals surface area contributed by atoms with Crippen molar-refractivity contribution in [2.75, 3.05) is 11.9 Å². The molecular formula is C16H16N6OS2. The predicted molar refractivity (Wildman–Crippen MR) is 101 cm³/mol. The third kappa shape index (κ3) is 3.75. The maximum Gasteiger partial charge on any atom is 0.206 e. The van der Waals surface area contributed by atoms with Crippen LogP contribution in [0.4, 0.5) is 5.13 Å². The van der Waals surface area contributed by atoms with Crippen LogP contribution in [0, 0.1) is 11.3 Å². The smallest absolute Gasteiger partial charge is 0.206 e. The number of aliphatic hydroxyl groups is 1. The molecule has 128 valence electrons. The lowest BCUT2D eigenvalue weighted by molar-refractivity contribution is 0.402. The Morgan fingerprint density at radius 3 is 2.96 bits per heavy atom. The standard InChI is InChI=1S/C16H16N6OS2/c1-3-18-15-21-22-16(25-15)24-9(2)13(23)10(8-17)14-19-11-6-4-5-7-12(11)20-14/h4-7,9,23H,3H2,1-2H3,(H,18,21)(H,19,20)/b13-10-/t9-/m0/s1. The number of aliphatic hydroxyl groups excluding tert-OH is 1. The van der Waals surface area contributed by atoms with Gasteiger partial charge in [-0.2, -0.15) is 5.26 Å². The summed E-state index contributed by atoms with van der Waals surface area (Å²) in [6.07, 6.45) is 0. The Hall–Kier alpha value is -2.57. The summed E-state index contributed by atoms with van der Waals surface area (Å²) in [6, 6.07) is 9.53. The van der Waals surface area contributed by atoms with Gasteiger partial charge in [-0.3, -0.25) is 0 Å². The Labute approximate surface area is 152 Å². The molecule has 9 heteroatoms. The molecule has 0 fully saturated rings. The molecule has 3 rings (SSSR count). The molecule has 0 bridgehead atoms. The molecule has 1 aromatic carbocycles. The number of benzene rings is 1. The summed E-state index contributed by atoms with van der Waals surface area (Å²) in [6.45, 7) is 4.57. The average Bonchev–Trinajstić information content (AvgIpc) is 3.22. The Bertz CT molecular complexity index is 922. The summed E-state index contributed by atoms with van der Waals surface area (Å²) >= 11 is 2.76. The lowest BCUT2D eigenvalue weighted by Crippen LogP contribution is -2.04. The van der Waals surface area contributed by atoms with Crippen LogP contribution in [-0.2, 0) is 0 Å².